The molecule has 0 aromatic heterocycles. The molecule has 1 fully saturated rings. The van der Waals surface area contributed by atoms with Crippen LogP contribution in [0.1, 0.15) is 62.5 Å². The van der Waals surface area contributed by atoms with Gasteiger partial charge in [-0.1, -0.05) is 0 Å². The van der Waals surface area contributed by atoms with Crippen molar-refractivity contribution in [1.29, 1.82) is 0 Å². The van der Waals surface area contributed by atoms with E-state index in [0.29, 0.717) is 17.4 Å². The second-order valence-corrected chi connectivity index (χ2v) is 16.6. The van der Waals surface area contributed by atoms with E-state index in [1.807, 2.05) is 0 Å². The minimum absolute atomic E-state index is 0.0721. The van der Waals surface area contributed by atoms with Gasteiger partial charge in [-0.3, -0.25) is 0 Å². The average molecular weight is 609 g/mol. The minimum atomic E-state index is -3.21. The molecular formula is C29H37InN2O3S. The second kappa shape index (κ2) is 13.1. The molecule has 1 saturated carbocycles. The molecule has 0 saturated heterocycles. The van der Waals surface area contributed by atoms with Crippen molar-refractivity contribution in [1.82, 2.24) is 8.20 Å². The number of nitrogens with one attached hydrogen (secondary N) is 1. The molecule has 1 aliphatic carbocycles. The van der Waals surface area contributed by atoms with Crippen LogP contribution in [0.4, 0.5) is 0 Å². The number of carbonyl (C=O) groups excluding carboxylic acids is 1. The molecule has 1 unspecified atom stereocenters. The molecule has 0 bridgehead atoms. The van der Waals surface area contributed by atoms with E-state index in [2.05, 4.69) is 50.8 Å². The summed E-state index contributed by atoms with van der Waals surface area (Å²) in [6, 6.07) is 17.5. The van der Waals surface area contributed by atoms with E-state index in [9.17, 15) is 13.2 Å². The van der Waals surface area contributed by atoms with Crippen LogP contribution in [0.2, 0.25) is 0 Å². The number of unbranched alkanes of at least 4 members (excludes halogenated alkanes) is 1. The third-order valence-electron chi connectivity index (χ3n) is 7.41. The molecule has 1 aliphatic heterocycles. The van der Waals surface area contributed by atoms with E-state index in [1.165, 1.54) is 31.1 Å². The molecular weight excluding hydrogens is 571 g/mol. The molecule has 2 aromatic rings. The van der Waals surface area contributed by atoms with Gasteiger partial charge in [0.1, 0.15) is 0 Å². The number of nitrogens with zero attached hydrogens (tertiary/aromatic N) is 1. The van der Waals surface area contributed by atoms with Gasteiger partial charge >= 0.3 is 199 Å². The molecule has 190 valence electrons. The molecule has 1 amide bonds. The number of sulfone groups is 1. The van der Waals surface area contributed by atoms with Gasteiger partial charge in [0.05, 0.1) is 4.90 Å². The van der Waals surface area contributed by atoms with Gasteiger partial charge in [-0.05, 0) is 0 Å². The third-order valence-corrected chi connectivity index (χ3v) is 13.0. The summed E-state index contributed by atoms with van der Waals surface area (Å²) in [5.41, 5.74) is 2.30. The molecule has 4 rings (SSSR count). The van der Waals surface area contributed by atoms with Gasteiger partial charge in [-0.15, -0.1) is 0 Å². The topological polar surface area (TPSA) is 66.5 Å². The number of hydrogen-bond acceptors (Lipinski definition) is 4. The van der Waals surface area contributed by atoms with Gasteiger partial charge < -0.3 is 0 Å². The van der Waals surface area contributed by atoms with Gasteiger partial charge in [-0.25, -0.2) is 8.42 Å². The molecule has 1 atom stereocenters. The Morgan fingerprint density at radius 1 is 1.03 bits per heavy atom. The standard InChI is InChI=1S/C29H37N2O3S.In/c1-35(33,34)27-19-17-25(18-20-27)23-31-29(32)28(26-14-6-3-7-15-26)16-8-9-21-30-22-10-13-24-11-4-2-5-12-24;/h2,4-5,10-12,17-20,22,26,28H,3,6-9,14-16,21,23H2,1H3,(H,31,32);/q-1;+1. The zero-order chi connectivity index (χ0) is 25.4. The van der Waals surface area contributed by atoms with Crippen LogP contribution in [-0.4, -0.2) is 56.0 Å². The summed E-state index contributed by atoms with van der Waals surface area (Å²) in [6.07, 6.45) is 15.0. The van der Waals surface area contributed by atoms with Crippen LogP contribution in [-0.2, 0) is 21.2 Å². The predicted molar refractivity (Wildman–Crippen MR) is 147 cm³/mol. The average Bonchev–Trinajstić information content (AvgIpc) is 3.37. The third kappa shape index (κ3) is 7.82. The number of carbonyl (C=O) groups is 1. The molecule has 36 heavy (non-hydrogen) atoms. The number of hydrogen-bond donors (Lipinski definition) is 1. The first-order valence-corrected chi connectivity index (χ1v) is 18.2. The van der Waals surface area contributed by atoms with Crippen molar-refractivity contribution >= 4 is 41.7 Å². The molecule has 2 aromatic carbocycles. The van der Waals surface area contributed by atoms with Crippen LogP contribution < -0.4 is 5.32 Å². The summed E-state index contributed by atoms with van der Waals surface area (Å²) in [5.74, 6) is 0.712. The summed E-state index contributed by atoms with van der Waals surface area (Å²) >= 11 is -0.949. The fourth-order valence-electron chi connectivity index (χ4n) is 5.33. The zero-order valence-electron chi connectivity index (χ0n) is 21.2. The molecule has 0 radical (unpaired) electrons. The van der Waals surface area contributed by atoms with Gasteiger partial charge in [0.15, 0.2) is 9.84 Å². The van der Waals surface area contributed by atoms with Crippen LogP contribution in [0.5, 0.6) is 0 Å². The van der Waals surface area contributed by atoms with Crippen molar-refractivity contribution in [2.75, 3.05) is 12.8 Å². The number of rotatable bonds is 11. The predicted octanol–water partition coefficient (Wildman–Crippen LogP) is 4.74. The van der Waals surface area contributed by atoms with Crippen LogP contribution in [0.15, 0.2) is 71.8 Å². The Bertz CT molecular complexity index is 1170. The van der Waals surface area contributed by atoms with E-state index >= 15 is 0 Å². The van der Waals surface area contributed by atoms with E-state index in [-0.39, 0.29) is 11.8 Å². The number of allylic oxidation sites excluding steroid dienone is 1. The fourth-order valence-corrected chi connectivity index (χ4v) is 9.83. The van der Waals surface area contributed by atoms with Crippen molar-refractivity contribution in [2.45, 2.75) is 62.8 Å². The van der Waals surface area contributed by atoms with E-state index < -0.39 is 32.5 Å². The monoisotopic (exact) mass is 608 g/mol. The van der Waals surface area contributed by atoms with Crippen LogP contribution in [0.3, 0.4) is 0 Å². The maximum absolute atomic E-state index is 13.3. The molecule has 1 N–H and O–H groups in total. The van der Waals surface area contributed by atoms with Crippen LogP contribution in [0, 0.1) is 11.8 Å². The van der Waals surface area contributed by atoms with Crippen LogP contribution in [0.25, 0.3) is 0 Å². The summed E-state index contributed by atoms with van der Waals surface area (Å²) in [6.45, 7) is 1.54. The van der Waals surface area contributed by atoms with Gasteiger partial charge in [0.2, 0.25) is 0 Å². The van der Waals surface area contributed by atoms with Gasteiger partial charge in [0.25, 0.3) is 0 Å². The maximum atomic E-state index is 13.3. The van der Waals surface area contributed by atoms with Crippen molar-refractivity contribution < 1.29 is 13.2 Å². The van der Waals surface area contributed by atoms with Crippen molar-refractivity contribution in [3.63, 3.8) is 0 Å². The van der Waals surface area contributed by atoms with E-state index in [0.717, 1.165) is 44.2 Å². The quantitative estimate of drug-likeness (QED) is 0.375. The first kappa shape index (κ1) is 27.2. The van der Waals surface area contributed by atoms with E-state index in [4.69, 9.17) is 0 Å². The first-order valence-electron chi connectivity index (χ1n) is 13.2. The Kier molecular flexibility index (Phi) is 9.88. The molecule has 2 aliphatic rings. The molecule has 7 heteroatoms. The Hall–Kier alpha value is -1.86. The van der Waals surface area contributed by atoms with Crippen molar-refractivity contribution in [3.05, 3.63) is 78.0 Å². The molecule has 1 heterocycles. The normalized spacial score (nSPS) is 16.9. The summed E-state index contributed by atoms with van der Waals surface area (Å²) in [4.78, 5) is 13.6. The molecule has 5 nitrogen and oxygen atoms in total. The van der Waals surface area contributed by atoms with Gasteiger partial charge in [0, 0.05) is 6.26 Å². The van der Waals surface area contributed by atoms with E-state index in [1.54, 1.807) is 27.5 Å². The Morgan fingerprint density at radius 2 is 1.75 bits per heavy atom. The Morgan fingerprint density at radius 3 is 2.44 bits per heavy atom. The van der Waals surface area contributed by atoms with Gasteiger partial charge in [-0.2, -0.15) is 0 Å². The Balaban J connectivity index is 1.28. The summed E-state index contributed by atoms with van der Waals surface area (Å²) < 4.78 is 27.5. The fraction of sp³-hybridized carbons (Fsp3) is 0.448. The van der Waals surface area contributed by atoms with Crippen LogP contribution >= 0.6 is 0 Å². The SMILES string of the molecule is CS(=O)(=O)c1ccc(CNC(=O)C(CCCC[N]2C=C[C](c3ccccc3)=[In]2)C2CCCCC2)cc1. The summed E-state index contributed by atoms with van der Waals surface area (Å²) in [5, 5.41) is 3.16. The van der Waals surface area contributed by atoms with Crippen molar-refractivity contribution in [2.24, 2.45) is 11.8 Å². The second-order valence-electron chi connectivity index (χ2n) is 10.1. The summed E-state index contributed by atoms with van der Waals surface area (Å²) in [7, 11) is -3.21. The number of amides is 1. The van der Waals surface area contributed by atoms with Crippen molar-refractivity contribution in [3.8, 4) is 0 Å². The first-order chi connectivity index (χ1) is 17.4. The number of benzene rings is 2. The molecule has 0 spiro atoms. The Labute approximate surface area is 227 Å². The zero-order valence-corrected chi connectivity index (χ0v) is 25.3.